The van der Waals surface area contributed by atoms with Crippen LogP contribution in [0.1, 0.15) is 37.0 Å². The van der Waals surface area contributed by atoms with Crippen molar-refractivity contribution in [2.75, 3.05) is 49.5 Å². The Hall–Kier alpha value is -5.47. The lowest BCUT2D eigenvalue weighted by Crippen LogP contribution is -2.56. The minimum atomic E-state index is -1.06. The molecule has 3 unspecified atom stereocenters. The number of terminal acetylenes is 1. The standard InChI is InChI=1S/C39H39FN8O2/c1-4-39(38(50)45-32-12-8-29-20-26(2)44-36(33(29)21-32)28-6-10-31(40)11-7-28)14-17-46(25-39)24-35(49)48-19-18-47(23-27(48)3)34-13-9-30(22-43-34)37-41-15-5-16-42-37/h1,5-13,15-16,21-22,26-27H,14,17-20,23-25H2,2-3H3,(H,45,50). The van der Waals surface area contributed by atoms with Gasteiger partial charge in [0.15, 0.2) is 5.82 Å². The fraction of sp³-hybridized carbons (Fsp3) is 0.333. The Morgan fingerprint density at radius 2 is 1.78 bits per heavy atom. The number of nitrogens with one attached hydrogen (secondary N) is 1. The molecule has 5 heterocycles. The summed E-state index contributed by atoms with van der Waals surface area (Å²) < 4.78 is 13.7. The van der Waals surface area contributed by atoms with E-state index in [1.807, 2.05) is 47.1 Å². The van der Waals surface area contributed by atoms with Crippen LogP contribution in [0.5, 0.6) is 0 Å². The molecule has 2 aromatic carbocycles. The maximum atomic E-state index is 13.8. The molecule has 7 rings (SSSR count). The number of amides is 2. The predicted octanol–water partition coefficient (Wildman–Crippen LogP) is 4.46. The summed E-state index contributed by atoms with van der Waals surface area (Å²) in [5, 5.41) is 3.06. The predicted molar refractivity (Wildman–Crippen MR) is 191 cm³/mol. The van der Waals surface area contributed by atoms with Crippen LogP contribution in [0.2, 0.25) is 0 Å². The second-order valence-corrected chi connectivity index (χ2v) is 13.4. The highest BCUT2D eigenvalue weighted by atomic mass is 19.1. The largest absolute Gasteiger partial charge is 0.353 e. The van der Waals surface area contributed by atoms with Crippen LogP contribution in [-0.2, 0) is 16.0 Å². The third kappa shape index (κ3) is 6.71. The Balaban J connectivity index is 0.964. The normalized spacial score (nSPS) is 22.0. The molecule has 0 aliphatic carbocycles. The lowest BCUT2D eigenvalue weighted by atomic mass is 9.86. The van der Waals surface area contributed by atoms with Gasteiger partial charge < -0.3 is 15.1 Å². The van der Waals surface area contributed by atoms with Gasteiger partial charge in [-0.2, -0.15) is 0 Å². The average Bonchev–Trinajstić information content (AvgIpc) is 3.56. The van der Waals surface area contributed by atoms with Crippen LogP contribution < -0.4 is 10.2 Å². The Morgan fingerprint density at radius 1 is 1.00 bits per heavy atom. The number of carbonyl (C=O) groups excluding carboxylic acids is 2. The number of pyridine rings is 1. The maximum absolute atomic E-state index is 13.8. The fourth-order valence-electron chi connectivity index (χ4n) is 7.16. The topological polar surface area (TPSA) is 107 Å². The average molecular weight is 671 g/mol. The number of aliphatic imine (C=N–C) groups is 1. The number of rotatable bonds is 7. The molecule has 0 bridgehead atoms. The SMILES string of the molecule is C#CC1(C(=O)Nc2ccc3c(c2)C(c2ccc(F)cc2)=NC(C)C3)CCN(CC(=O)N2CCN(c3ccc(-c4ncccn4)cn3)CC2C)C1. The van der Waals surface area contributed by atoms with Gasteiger partial charge in [0.05, 0.1) is 18.3 Å². The summed E-state index contributed by atoms with van der Waals surface area (Å²) in [5.41, 5.74) is 4.02. The van der Waals surface area contributed by atoms with Gasteiger partial charge in [0.1, 0.15) is 17.1 Å². The van der Waals surface area contributed by atoms with Crippen molar-refractivity contribution in [2.45, 2.75) is 38.8 Å². The second-order valence-electron chi connectivity index (χ2n) is 13.4. The number of piperazine rings is 1. The molecule has 0 saturated carbocycles. The number of likely N-dealkylation sites (tertiary alicyclic amines) is 1. The molecule has 10 nitrogen and oxygen atoms in total. The zero-order chi connectivity index (χ0) is 34.8. The molecule has 2 aromatic heterocycles. The van der Waals surface area contributed by atoms with E-state index in [4.69, 9.17) is 11.4 Å². The molecule has 2 amide bonds. The minimum Gasteiger partial charge on any atom is -0.353 e. The third-order valence-corrected chi connectivity index (χ3v) is 9.87. The van der Waals surface area contributed by atoms with Gasteiger partial charge in [-0.1, -0.05) is 12.0 Å². The molecule has 0 spiro atoms. The van der Waals surface area contributed by atoms with E-state index in [0.717, 1.165) is 40.2 Å². The van der Waals surface area contributed by atoms with Crippen molar-refractivity contribution >= 4 is 29.0 Å². The van der Waals surface area contributed by atoms with E-state index in [-0.39, 0.29) is 36.3 Å². The Labute approximate surface area is 291 Å². The minimum absolute atomic E-state index is 0.0196. The van der Waals surface area contributed by atoms with E-state index < -0.39 is 5.41 Å². The molecule has 254 valence electrons. The summed E-state index contributed by atoms with van der Waals surface area (Å²) in [6, 6.07) is 17.9. The van der Waals surface area contributed by atoms with Crippen LogP contribution in [0.4, 0.5) is 15.9 Å². The number of nitrogens with zero attached hydrogens (tertiary/aromatic N) is 7. The molecule has 3 aliphatic heterocycles. The fourth-order valence-corrected chi connectivity index (χ4v) is 7.16. The van der Waals surface area contributed by atoms with E-state index >= 15 is 0 Å². The molecule has 3 atom stereocenters. The first-order valence-electron chi connectivity index (χ1n) is 17.0. The number of halogens is 1. The van der Waals surface area contributed by atoms with Crippen LogP contribution in [0, 0.1) is 23.6 Å². The summed E-state index contributed by atoms with van der Waals surface area (Å²) in [7, 11) is 0. The van der Waals surface area contributed by atoms with E-state index in [1.54, 1.807) is 36.8 Å². The van der Waals surface area contributed by atoms with Gasteiger partial charge in [0.25, 0.3) is 0 Å². The number of aromatic nitrogens is 3. The van der Waals surface area contributed by atoms with Crippen LogP contribution >= 0.6 is 0 Å². The van der Waals surface area contributed by atoms with Gasteiger partial charge in [-0.25, -0.2) is 19.3 Å². The van der Waals surface area contributed by atoms with Crippen molar-refractivity contribution in [1.29, 1.82) is 0 Å². The molecule has 11 heteroatoms. The van der Waals surface area contributed by atoms with Gasteiger partial charge in [0.2, 0.25) is 11.8 Å². The van der Waals surface area contributed by atoms with Crippen molar-refractivity contribution in [3.05, 3.63) is 102 Å². The summed E-state index contributed by atoms with van der Waals surface area (Å²) in [6.45, 7) is 7.02. The lowest BCUT2D eigenvalue weighted by Gasteiger charge is -2.41. The van der Waals surface area contributed by atoms with Crippen molar-refractivity contribution in [3.8, 4) is 23.7 Å². The number of benzene rings is 2. The lowest BCUT2D eigenvalue weighted by molar-refractivity contribution is -0.135. The van der Waals surface area contributed by atoms with Gasteiger partial charge >= 0.3 is 0 Å². The quantitative estimate of drug-likeness (QED) is 0.290. The van der Waals surface area contributed by atoms with Crippen molar-refractivity contribution in [3.63, 3.8) is 0 Å². The number of hydrogen-bond donors (Lipinski definition) is 1. The molecular weight excluding hydrogens is 631 g/mol. The van der Waals surface area contributed by atoms with Crippen molar-refractivity contribution in [1.82, 2.24) is 24.8 Å². The Kier molecular flexibility index (Phi) is 9.12. The molecule has 0 radical (unpaired) electrons. The summed E-state index contributed by atoms with van der Waals surface area (Å²) >= 11 is 0. The van der Waals surface area contributed by atoms with E-state index in [1.165, 1.54) is 12.1 Å². The first-order valence-corrected chi connectivity index (χ1v) is 17.0. The van der Waals surface area contributed by atoms with Crippen LogP contribution in [-0.4, -0.2) is 93.6 Å². The number of hydrogen-bond acceptors (Lipinski definition) is 8. The van der Waals surface area contributed by atoms with E-state index in [9.17, 15) is 14.0 Å². The molecule has 3 aliphatic rings. The van der Waals surface area contributed by atoms with Gasteiger partial charge in [-0.15, -0.1) is 6.42 Å². The summed E-state index contributed by atoms with van der Waals surface area (Å²) in [4.78, 5) is 51.5. The second kappa shape index (κ2) is 13.8. The number of fused-ring (bicyclic) bond motifs is 1. The Bertz CT molecular complexity index is 1960. The highest BCUT2D eigenvalue weighted by Crippen LogP contribution is 2.33. The van der Waals surface area contributed by atoms with Crippen LogP contribution in [0.25, 0.3) is 11.4 Å². The highest BCUT2D eigenvalue weighted by molar-refractivity contribution is 6.15. The zero-order valence-electron chi connectivity index (χ0n) is 28.2. The molecule has 1 N–H and O–H groups in total. The first kappa shape index (κ1) is 33.0. The number of carbonyl (C=O) groups is 2. The van der Waals surface area contributed by atoms with Crippen LogP contribution in [0.15, 0.2) is 84.2 Å². The zero-order valence-corrected chi connectivity index (χ0v) is 28.2. The third-order valence-electron chi connectivity index (χ3n) is 9.87. The van der Waals surface area contributed by atoms with Gasteiger partial charge in [0, 0.05) is 79.7 Å². The molecular formula is C39H39FN8O2. The first-order chi connectivity index (χ1) is 24.2. The van der Waals surface area contributed by atoms with E-state index in [2.05, 4.69) is 38.0 Å². The van der Waals surface area contributed by atoms with Crippen molar-refractivity contribution < 1.29 is 14.0 Å². The molecule has 4 aromatic rings. The van der Waals surface area contributed by atoms with E-state index in [0.29, 0.717) is 50.7 Å². The maximum Gasteiger partial charge on any atom is 0.244 e. The van der Waals surface area contributed by atoms with Crippen molar-refractivity contribution in [2.24, 2.45) is 10.4 Å². The Morgan fingerprint density at radius 3 is 2.50 bits per heavy atom. The molecule has 50 heavy (non-hydrogen) atoms. The molecule has 2 saturated heterocycles. The van der Waals surface area contributed by atoms with Gasteiger partial charge in [-0.05, 0) is 86.8 Å². The summed E-state index contributed by atoms with van der Waals surface area (Å²) in [6.07, 6.45) is 12.4. The monoisotopic (exact) mass is 670 g/mol. The smallest absolute Gasteiger partial charge is 0.244 e. The summed E-state index contributed by atoms with van der Waals surface area (Å²) in [5.74, 6) is 3.70. The van der Waals surface area contributed by atoms with Gasteiger partial charge in [-0.3, -0.25) is 19.5 Å². The molecule has 2 fully saturated rings. The number of anilines is 2. The highest BCUT2D eigenvalue weighted by Gasteiger charge is 2.44. The van der Waals surface area contributed by atoms with Crippen LogP contribution in [0.3, 0.4) is 0 Å².